The number of benzene rings is 1. The van der Waals surface area contributed by atoms with Crippen LogP contribution < -0.4 is 5.84 Å². The molecule has 0 amide bonds. The van der Waals surface area contributed by atoms with Gasteiger partial charge in [-0.1, -0.05) is 0 Å². The maximum absolute atomic E-state index is 13.1. The summed E-state index contributed by atoms with van der Waals surface area (Å²) in [6.45, 7) is 0. The molecule has 0 aliphatic heterocycles. The van der Waals surface area contributed by atoms with E-state index in [1.165, 1.54) is 0 Å². The number of alkyl halides is 3. The van der Waals surface area contributed by atoms with Crippen molar-refractivity contribution in [2.45, 2.75) is 6.18 Å². The van der Waals surface area contributed by atoms with Gasteiger partial charge >= 0.3 is 6.18 Å². The van der Waals surface area contributed by atoms with Crippen LogP contribution in [0.1, 0.15) is 11.1 Å². The van der Waals surface area contributed by atoms with E-state index >= 15 is 0 Å². The minimum absolute atomic E-state index is 0.327. The van der Waals surface area contributed by atoms with E-state index in [2.05, 4.69) is 21.0 Å². The predicted molar refractivity (Wildman–Crippen MR) is 50.9 cm³/mol. The summed E-state index contributed by atoms with van der Waals surface area (Å²) >= 11 is 2.66. The maximum atomic E-state index is 13.1. The number of halogens is 5. The van der Waals surface area contributed by atoms with Crippen LogP contribution in [-0.4, -0.2) is 6.21 Å². The van der Waals surface area contributed by atoms with E-state index in [1.54, 1.807) is 0 Å². The molecule has 2 nitrogen and oxygen atoms in total. The van der Waals surface area contributed by atoms with Crippen molar-refractivity contribution in [3.63, 3.8) is 0 Å². The molecule has 0 saturated heterocycles. The first-order chi connectivity index (χ1) is 6.88. The van der Waals surface area contributed by atoms with Gasteiger partial charge in [0.25, 0.3) is 0 Å². The molecule has 1 aromatic rings. The molecule has 2 N–H and O–H groups in total. The smallest absolute Gasteiger partial charge is 0.323 e. The molecule has 0 aromatic heterocycles. The third-order valence-electron chi connectivity index (χ3n) is 1.64. The van der Waals surface area contributed by atoms with Crippen LogP contribution in [0.5, 0.6) is 0 Å². The highest BCUT2D eigenvalue weighted by Crippen LogP contribution is 2.36. The van der Waals surface area contributed by atoms with Gasteiger partial charge in [0.15, 0.2) is 0 Å². The minimum atomic E-state index is -4.55. The number of rotatable bonds is 1. The first-order valence-corrected chi connectivity index (χ1v) is 4.45. The third kappa shape index (κ3) is 2.47. The van der Waals surface area contributed by atoms with Crippen LogP contribution in [0.2, 0.25) is 0 Å². The number of hydrogen-bond donors (Lipinski definition) is 1. The lowest BCUT2D eigenvalue weighted by Gasteiger charge is -2.10. The van der Waals surface area contributed by atoms with E-state index in [9.17, 15) is 17.6 Å². The van der Waals surface area contributed by atoms with Crippen LogP contribution in [0, 0.1) is 5.82 Å². The van der Waals surface area contributed by atoms with Crippen molar-refractivity contribution in [2.24, 2.45) is 10.9 Å². The molecule has 0 radical (unpaired) electrons. The molecular weight excluding hydrogens is 280 g/mol. The van der Waals surface area contributed by atoms with Gasteiger partial charge in [-0.05, 0) is 28.1 Å². The second kappa shape index (κ2) is 4.18. The molecule has 0 spiro atoms. The molecule has 1 aromatic carbocycles. The van der Waals surface area contributed by atoms with Crippen LogP contribution in [0.15, 0.2) is 21.7 Å². The molecule has 0 bridgehead atoms. The van der Waals surface area contributed by atoms with Crippen LogP contribution in [-0.2, 0) is 6.18 Å². The molecule has 0 heterocycles. The zero-order valence-corrected chi connectivity index (χ0v) is 8.73. The second-order valence-corrected chi connectivity index (χ2v) is 3.39. The van der Waals surface area contributed by atoms with Gasteiger partial charge in [0, 0.05) is 10.0 Å². The summed E-state index contributed by atoms with van der Waals surface area (Å²) in [7, 11) is 0. The van der Waals surface area contributed by atoms with Crippen molar-refractivity contribution < 1.29 is 17.6 Å². The van der Waals surface area contributed by atoms with Crippen LogP contribution in [0.25, 0.3) is 0 Å². The predicted octanol–water partition coefficient (Wildman–Crippen LogP) is 2.90. The van der Waals surface area contributed by atoms with Crippen molar-refractivity contribution >= 4 is 22.1 Å². The molecule has 0 aliphatic carbocycles. The minimum Gasteiger partial charge on any atom is -0.323 e. The molecule has 0 fully saturated rings. The van der Waals surface area contributed by atoms with Gasteiger partial charge in [-0.15, -0.1) is 0 Å². The van der Waals surface area contributed by atoms with Gasteiger partial charge in [0.05, 0.1) is 11.8 Å². The lowest BCUT2D eigenvalue weighted by molar-refractivity contribution is -0.138. The topological polar surface area (TPSA) is 38.4 Å². The normalized spacial score (nSPS) is 12.3. The molecule has 0 unspecified atom stereocenters. The Labute approximate surface area is 90.9 Å². The Balaban J connectivity index is 3.41. The highest BCUT2D eigenvalue weighted by Gasteiger charge is 2.34. The molecule has 7 heteroatoms. The Hall–Kier alpha value is -1.11. The molecule has 15 heavy (non-hydrogen) atoms. The average Bonchev–Trinajstić information content (AvgIpc) is 2.09. The Morgan fingerprint density at radius 2 is 1.93 bits per heavy atom. The van der Waals surface area contributed by atoms with Crippen molar-refractivity contribution in [3.05, 3.63) is 33.5 Å². The van der Waals surface area contributed by atoms with Crippen LogP contribution >= 0.6 is 15.9 Å². The van der Waals surface area contributed by atoms with Crippen molar-refractivity contribution in [1.29, 1.82) is 0 Å². The highest BCUT2D eigenvalue weighted by atomic mass is 79.9. The van der Waals surface area contributed by atoms with Crippen LogP contribution in [0.4, 0.5) is 17.6 Å². The van der Waals surface area contributed by atoms with Crippen molar-refractivity contribution in [3.8, 4) is 0 Å². The molecule has 0 saturated carbocycles. The van der Waals surface area contributed by atoms with Gasteiger partial charge in [-0.3, -0.25) is 0 Å². The standard InChI is InChI=1S/C8H5BrF4N2/c9-7-4(3-15-14)6(10)2-1-5(7)8(11,12)13/h1-3H,14H2. The van der Waals surface area contributed by atoms with E-state index < -0.39 is 22.0 Å². The lowest BCUT2D eigenvalue weighted by atomic mass is 10.1. The van der Waals surface area contributed by atoms with E-state index in [1.807, 2.05) is 0 Å². The fourth-order valence-electron chi connectivity index (χ4n) is 0.981. The Kier molecular flexibility index (Phi) is 3.33. The summed E-state index contributed by atoms with van der Waals surface area (Å²) in [5, 5.41) is 2.99. The number of hydrogen-bond acceptors (Lipinski definition) is 2. The fourth-order valence-corrected chi connectivity index (χ4v) is 1.63. The SMILES string of the molecule is NN=Cc1c(F)ccc(C(F)(F)F)c1Br. The highest BCUT2D eigenvalue weighted by molar-refractivity contribution is 9.10. The second-order valence-electron chi connectivity index (χ2n) is 2.60. The van der Waals surface area contributed by atoms with Gasteiger partial charge in [-0.25, -0.2) is 4.39 Å². The molecule has 82 valence electrons. The largest absolute Gasteiger partial charge is 0.417 e. The third-order valence-corrected chi connectivity index (χ3v) is 2.49. The number of nitrogens with two attached hydrogens (primary N) is 1. The first kappa shape index (κ1) is 12.0. The van der Waals surface area contributed by atoms with Gasteiger partial charge in [-0.2, -0.15) is 18.3 Å². The van der Waals surface area contributed by atoms with E-state index in [-0.39, 0.29) is 5.56 Å². The molecule has 0 aliphatic rings. The molecule has 0 atom stereocenters. The van der Waals surface area contributed by atoms with E-state index in [0.29, 0.717) is 12.1 Å². The zero-order chi connectivity index (χ0) is 11.6. The number of nitrogens with zero attached hydrogens (tertiary/aromatic N) is 1. The van der Waals surface area contributed by atoms with E-state index in [4.69, 9.17) is 5.84 Å². The molecule has 1 rings (SSSR count). The fraction of sp³-hybridized carbons (Fsp3) is 0.125. The summed E-state index contributed by atoms with van der Waals surface area (Å²) in [5.74, 6) is 3.93. The Morgan fingerprint density at radius 3 is 2.40 bits per heavy atom. The first-order valence-electron chi connectivity index (χ1n) is 3.66. The zero-order valence-electron chi connectivity index (χ0n) is 7.15. The van der Waals surface area contributed by atoms with Gasteiger partial charge in [0.2, 0.25) is 0 Å². The summed E-state index contributed by atoms with van der Waals surface area (Å²) in [6, 6.07) is 1.36. The quantitative estimate of drug-likeness (QED) is 0.366. The average molecular weight is 285 g/mol. The maximum Gasteiger partial charge on any atom is 0.417 e. The number of hydrazone groups is 1. The van der Waals surface area contributed by atoms with Gasteiger partial charge in [0.1, 0.15) is 5.82 Å². The Morgan fingerprint density at radius 1 is 1.33 bits per heavy atom. The van der Waals surface area contributed by atoms with E-state index in [0.717, 1.165) is 6.21 Å². The van der Waals surface area contributed by atoms with Crippen molar-refractivity contribution in [2.75, 3.05) is 0 Å². The van der Waals surface area contributed by atoms with Crippen molar-refractivity contribution in [1.82, 2.24) is 0 Å². The van der Waals surface area contributed by atoms with Gasteiger partial charge < -0.3 is 5.84 Å². The lowest BCUT2D eigenvalue weighted by Crippen LogP contribution is -2.08. The summed E-state index contributed by atoms with van der Waals surface area (Å²) in [4.78, 5) is 0. The summed E-state index contributed by atoms with van der Waals surface area (Å²) < 4.78 is 49.8. The summed E-state index contributed by atoms with van der Waals surface area (Å²) in [5.41, 5.74) is -1.30. The van der Waals surface area contributed by atoms with Crippen LogP contribution in [0.3, 0.4) is 0 Å². The Bertz CT molecular complexity index is 400. The molecular formula is C8H5BrF4N2. The summed E-state index contributed by atoms with van der Waals surface area (Å²) in [6.07, 6.45) is -3.74. The monoisotopic (exact) mass is 284 g/mol.